The summed E-state index contributed by atoms with van der Waals surface area (Å²) in [5, 5.41) is 3.64. The average Bonchev–Trinajstić information content (AvgIpc) is 2.83. The lowest BCUT2D eigenvalue weighted by Gasteiger charge is -2.12. The van der Waals surface area contributed by atoms with Crippen LogP contribution in [0.25, 0.3) is 10.9 Å². The van der Waals surface area contributed by atoms with Crippen molar-refractivity contribution < 1.29 is 14.3 Å². The Morgan fingerprint density at radius 3 is 2.77 bits per heavy atom. The monoisotopic (exact) mass is 302 g/mol. The summed E-state index contributed by atoms with van der Waals surface area (Å²) in [4.78, 5) is 23.9. The number of esters is 1. The van der Waals surface area contributed by atoms with Crippen LogP contribution in [0.3, 0.4) is 0 Å². The van der Waals surface area contributed by atoms with E-state index in [2.05, 4.69) is 12.2 Å². The van der Waals surface area contributed by atoms with Gasteiger partial charge in [-0.15, -0.1) is 0 Å². The van der Waals surface area contributed by atoms with Crippen LogP contribution in [0.4, 0.5) is 0 Å². The van der Waals surface area contributed by atoms with E-state index in [9.17, 15) is 9.59 Å². The van der Waals surface area contributed by atoms with Crippen molar-refractivity contribution in [1.29, 1.82) is 0 Å². The van der Waals surface area contributed by atoms with Crippen molar-refractivity contribution in [1.82, 2.24) is 9.88 Å². The summed E-state index contributed by atoms with van der Waals surface area (Å²) >= 11 is 0. The molecular weight excluding hydrogens is 280 g/mol. The van der Waals surface area contributed by atoms with Gasteiger partial charge < -0.3 is 14.6 Å². The maximum absolute atomic E-state index is 12.2. The third kappa shape index (κ3) is 3.67. The third-order valence-corrected chi connectivity index (χ3v) is 3.58. The average molecular weight is 302 g/mol. The van der Waals surface area contributed by atoms with Gasteiger partial charge in [0.2, 0.25) is 0 Å². The fourth-order valence-corrected chi connectivity index (χ4v) is 2.53. The van der Waals surface area contributed by atoms with Gasteiger partial charge in [0.15, 0.2) is 6.61 Å². The van der Waals surface area contributed by atoms with Gasteiger partial charge in [-0.1, -0.05) is 31.5 Å². The molecule has 0 aliphatic carbocycles. The Kier molecular flexibility index (Phi) is 5.20. The molecule has 1 unspecified atom stereocenters. The molecule has 0 bridgehead atoms. The van der Waals surface area contributed by atoms with E-state index in [1.165, 1.54) is 0 Å². The largest absolute Gasteiger partial charge is 0.452 e. The number of carbonyl (C=O) groups excluding carboxylic acids is 2. The van der Waals surface area contributed by atoms with Crippen molar-refractivity contribution in [2.24, 2.45) is 7.05 Å². The molecule has 1 aromatic carbocycles. The highest BCUT2D eigenvalue weighted by Crippen LogP contribution is 2.20. The van der Waals surface area contributed by atoms with E-state index < -0.39 is 5.97 Å². The maximum atomic E-state index is 12.2. The van der Waals surface area contributed by atoms with E-state index in [4.69, 9.17) is 4.74 Å². The minimum absolute atomic E-state index is 0.0914. The van der Waals surface area contributed by atoms with Crippen molar-refractivity contribution in [3.05, 3.63) is 36.0 Å². The summed E-state index contributed by atoms with van der Waals surface area (Å²) in [7, 11) is 1.87. The van der Waals surface area contributed by atoms with Crippen molar-refractivity contribution in [3.8, 4) is 0 Å². The number of para-hydroxylation sites is 1. The molecule has 2 rings (SSSR count). The van der Waals surface area contributed by atoms with E-state index in [-0.39, 0.29) is 18.6 Å². The fourth-order valence-electron chi connectivity index (χ4n) is 2.53. The van der Waals surface area contributed by atoms with Crippen LogP contribution in [-0.4, -0.2) is 29.1 Å². The molecule has 118 valence electrons. The van der Waals surface area contributed by atoms with Gasteiger partial charge in [-0.05, 0) is 19.4 Å². The first-order valence-electron chi connectivity index (χ1n) is 7.53. The van der Waals surface area contributed by atoms with Gasteiger partial charge in [0.1, 0.15) is 0 Å². The Labute approximate surface area is 130 Å². The van der Waals surface area contributed by atoms with Crippen LogP contribution >= 0.6 is 0 Å². The highest BCUT2D eigenvalue weighted by Gasteiger charge is 2.16. The summed E-state index contributed by atoms with van der Waals surface area (Å²) in [5.41, 5.74) is 1.43. The number of aryl methyl sites for hydroxylation is 1. The Morgan fingerprint density at radius 2 is 2.05 bits per heavy atom. The number of benzene rings is 1. The standard InChI is InChI=1S/C17H22N2O3/c1-4-7-12(2)18-16(20)11-22-17(21)14-10-19(3)15-9-6-5-8-13(14)15/h5-6,8-10,12H,4,7,11H2,1-3H3,(H,18,20). The first-order chi connectivity index (χ1) is 10.5. The molecule has 2 aromatic rings. The molecule has 1 aromatic heterocycles. The topological polar surface area (TPSA) is 60.3 Å². The molecule has 5 heteroatoms. The lowest BCUT2D eigenvalue weighted by atomic mass is 10.2. The minimum atomic E-state index is -0.477. The lowest BCUT2D eigenvalue weighted by molar-refractivity contribution is -0.124. The zero-order valence-electron chi connectivity index (χ0n) is 13.3. The number of nitrogens with zero attached hydrogens (tertiary/aromatic N) is 1. The second-order valence-corrected chi connectivity index (χ2v) is 5.50. The summed E-state index contributed by atoms with van der Waals surface area (Å²) in [5.74, 6) is -0.746. The van der Waals surface area contributed by atoms with E-state index >= 15 is 0 Å². The third-order valence-electron chi connectivity index (χ3n) is 3.58. The van der Waals surface area contributed by atoms with Gasteiger partial charge in [0, 0.05) is 30.2 Å². The highest BCUT2D eigenvalue weighted by atomic mass is 16.5. The Bertz CT molecular complexity index is 676. The second kappa shape index (κ2) is 7.11. The summed E-state index contributed by atoms with van der Waals surface area (Å²) in [6.07, 6.45) is 3.63. The van der Waals surface area contributed by atoms with Crippen LogP contribution in [0.2, 0.25) is 0 Å². The Morgan fingerprint density at radius 1 is 1.32 bits per heavy atom. The van der Waals surface area contributed by atoms with Crippen LogP contribution in [-0.2, 0) is 16.6 Å². The molecule has 0 aliphatic heterocycles. The summed E-state index contributed by atoms with van der Waals surface area (Å²) < 4.78 is 7.00. The molecule has 5 nitrogen and oxygen atoms in total. The van der Waals surface area contributed by atoms with Gasteiger partial charge in [0.05, 0.1) is 5.56 Å². The number of amides is 1. The summed E-state index contributed by atoms with van der Waals surface area (Å²) in [6.45, 7) is 3.74. The van der Waals surface area contributed by atoms with Gasteiger partial charge >= 0.3 is 5.97 Å². The number of hydrogen-bond acceptors (Lipinski definition) is 3. The Hall–Kier alpha value is -2.30. The molecule has 1 N–H and O–H groups in total. The fraction of sp³-hybridized carbons (Fsp3) is 0.412. The van der Waals surface area contributed by atoms with E-state index in [1.807, 2.05) is 42.8 Å². The zero-order chi connectivity index (χ0) is 16.1. The van der Waals surface area contributed by atoms with Crippen LogP contribution < -0.4 is 5.32 Å². The summed E-state index contributed by atoms with van der Waals surface area (Å²) in [6, 6.07) is 7.69. The van der Waals surface area contributed by atoms with E-state index in [0.29, 0.717) is 5.56 Å². The van der Waals surface area contributed by atoms with Crippen LogP contribution in [0.1, 0.15) is 37.0 Å². The van der Waals surface area contributed by atoms with Crippen molar-refractivity contribution in [2.75, 3.05) is 6.61 Å². The Balaban J connectivity index is 1.98. The van der Waals surface area contributed by atoms with Crippen molar-refractivity contribution in [2.45, 2.75) is 32.7 Å². The van der Waals surface area contributed by atoms with Crippen LogP contribution in [0.15, 0.2) is 30.5 Å². The van der Waals surface area contributed by atoms with Crippen LogP contribution in [0.5, 0.6) is 0 Å². The van der Waals surface area contributed by atoms with Crippen LogP contribution in [0, 0.1) is 0 Å². The smallest absolute Gasteiger partial charge is 0.340 e. The number of carbonyl (C=O) groups is 2. The number of ether oxygens (including phenoxy) is 1. The quantitative estimate of drug-likeness (QED) is 0.835. The normalized spacial score (nSPS) is 12.1. The predicted molar refractivity (Wildman–Crippen MR) is 85.7 cm³/mol. The molecule has 0 saturated heterocycles. The van der Waals surface area contributed by atoms with Crippen molar-refractivity contribution >= 4 is 22.8 Å². The molecule has 0 radical (unpaired) electrons. The first kappa shape index (κ1) is 16.1. The first-order valence-corrected chi connectivity index (χ1v) is 7.53. The molecule has 1 atom stereocenters. The van der Waals surface area contributed by atoms with Gasteiger partial charge in [-0.3, -0.25) is 4.79 Å². The molecule has 0 aliphatic rings. The molecule has 22 heavy (non-hydrogen) atoms. The molecular formula is C17H22N2O3. The number of fused-ring (bicyclic) bond motifs is 1. The molecule has 0 spiro atoms. The minimum Gasteiger partial charge on any atom is -0.452 e. The number of hydrogen-bond donors (Lipinski definition) is 1. The molecule has 1 amide bonds. The maximum Gasteiger partial charge on any atom is 0.340 e. The molecule has 0 fully saturated rings. The number of aromatic nitrogens is 1. The molecule has 1 heterocycles. The second-order valence-electron chi connectivity index (χ2n) is 5.50. The SMILES string of the molecule is CCCC(C)NC(=O)COC(=O)c1cn(C)c2ccccc12. The highest BCUT2D eigenvalue weighted by molar-refractivity contribution is 6.04. The van der Waals surface area contributed by atoms with Gasteiger partial charge in [-0.2, -0.15) is 0 Å². The number of nitrogens with one attached hydrogen (secondary N) is 1. The van der Waals surface area contributed by atoms with Gasteiger partial charge in [0.25, 0.3) is 5.91 Å². The van der Waals surface area contributed by atoms with E-state index in [0.717, 1.165) is 23.7 Å². The molecule has 0 saturated carbocycles. The predicted octanol–water partition coefficient (Wildman–Crippen LogP) is 2.64. The van der Waals surface area contributed by atoms with Gasteiger partial charge in [-0.25, -0.2) is 4.79 Å². The number of rotatable bonds is 6. The van der Waals surface area contributed by atoms with E-state index in [1.54, 1.807) is 6.20 Å². The zero-order valence-corrected chi connectivity index (χ0v) is 13.3. The lowest BCUT2D eigenvalue weighted by Crippen LogP contribution is -2.35. The van der Waals surface area contributed by atoms with Crippen molar-refractivity contribution in [3.63, 3.8) is 0 Å².